The highest BCUT2D eigenvalue weighted by atomic mass is 16.5. The van der Waals surface area contributed by atoms with Crippen LogP contribution in [-0.4, -0.2) is 103 Å². The highest BCUT2D eigenvalue weighted by Crippen LogP contribution is 2.20. The van der Waals surface area contributed by atoms with Crippen molar-refractivity contribution in [3.05, 3.63) is 47.5 Å². The first-order valence-corrected chi connectivity index (χ1v) is 12.6. The molecule has 0 N–H and O–H groups in total. The van der Waals surface area contributed by atoms with E-state index in [2.05, 4.69) is 31.0 Å². The van der Waals surface area contributed by atoms with E-state index in [0.717, 1.165) is 51.0 Å². The second-order valence-corrected chi connectivity index (χ2v) is 9.59. The lowest BCUT2D eigenvalue weighted by molar-refractivity contribution is 0.0712. The first-order valence-electron chi connectivity index (χ1n) is 12.6. The molecule has 5 rings (SSSR count). The number of carbonyl (C=O) groups is 2. The zero-order valence-corrected chi connectivity index (χ0v) is 20.4. The van der Waals surface area contributed by atoms with Gasteiger partial charge in [0.15, 0.2) is 17.4 Å². The molecule has 1 unspecified atom stereocenters. The first kappa shape index (κ1) is 23.7. The number of rotatable bonds is 6. The summed E-state index contributed by atoms with van der Waals surface area (Å²) in [6.45, 7) is 10.1. The van der Waals surface area contributed by atoms with Gasteiger partial charge in [0.2, 0.25) is 0 Å². The number of ketones is 1. The van der Waals surface area contributed by atoms with Gasteiger partial charge < -0.3 is 19.4 Å². The SMILES string of the molecule is CC(=O)c1ccc(C(=O)N2CCN(c3ccc(N4CCN(CC5CCCO5)CC4)nn3)CC2)cc1. The third kappa shape index (κ3) is 5.62. The van der Waals surface area contributed by atoms with Gasteiger partial charge in [0.25, 0.3) is 5.91 Å². The number of ether oxygens (including phenoxy) is 1. The lowest BCUT2D eigenvalue weighted by Crippen LogP contribution is -2.49. The van der Waals surface area contributed by atoms with Gasteiger partial charge in [-0.25, -0.2) is 0 Å². The molecule has 1 amide bonds. The Morgan fingerprint density at radius 2 is 1.40 bits per heavy atom. The minimum atomic E-state index is -0.000167. The largest absolute Gasteiger partial charge is 0.377 e. The molecular formula is C26H34N6O3. The molecule has 4 heterocycles. The van der Waals surface area contributed by atoms with Gasteiger partial charge in [-0.2, -0.15) is 0 Å². The maximum atomic E-state index is 12.8. The van der Waals surface area contributed by atoms with Crippen molar-refractivity contribution in [3.8, 4) is 0 Å². The molecule has 0 spiro atoms. The van der Waals surface area contributed by atoms with Crippen LogP contribution < -0.4 is 9.80 Å². The van der Waals surface area contributed by atoms with E-state index in [1.165, 1.54) is 19.8 Å². The molecule has 0 bridgehead atoms. The van der Waals surface area contributed by atoms with Gasteiger partial charge in [0, 0.05) is 76.6 Å². The van der Waals surface area contributed by atoms with Crippen molar-refractivity contribution in [3.63, 3.8) is 0 Å². The Labute approximate surface area is 206 Å². The second-order valence-electron chi connectivity index (χ2n) is 9.59. The molecule has 3 saturated heterocycles. The molecule has 1 aromatic heterocycles. The fourth-order valence-electron chi connectivity index (χ4n) is 5.06. The monoisotopic (exact) mass is 478 g/mol. The number of amides is 1. The van der Waals surface area contributed by atoms with Crippen LogP contribution in [0.5, 0.6) is 0 Å². The van der Waals surface area contributed by atoms with Gasteiger partial charge in [-0.15, -0.1) is 10.2 Å². The Morgan fingerprint density at radius 3 is 1.91 bits per heavy atom. The van der Waals surface area contributed by atoms with Crippen LogP contribution in [-0.2, 0) is 4.74 Å². The Kier molecular flexibility index (Phi) is 7.24. The lowest BCUT2D eigenvalue weighted by atomic mass is 10.1. The second kappa shape index (κ2) is 10.7. The summed E-state index contributed by atoms with van der Waals surface area (Å²) in [5.41, 5.74) is 1.23. The zero-order valence-electron chi connectivity index (χ0n) is 20.4. The number of hydrogen-bond donors (Lipinski definition) is 0. The average molecular weight is 479 g/mol. The minimum absolute atomic E-state index is 0.000167. The summed E-state index contributed by atoms with van der Waals surface area (Å²) in [7, 11) is 0. The number of anilines is 2. The van der Waals surface area contributed by atoms with Crippen LogP contribution in [0.3, 0.4) is 0 Å². The standard InChI is InChI=1S/C26H34N6O3/c1-20(33)21-4-6-22(7-5-21)26(34)32-16-14-31(15-17-32)25-9-8-24(27-28-25)30-12-10-29(11-13-30)19-23-3-2-18-35-23/h4-9,23H,2-3,10-19H2,1H3. The van der Waals surface area contributed by atoms with Gasteiger partial charge in [-0.1, -0.05) is 12.1 Å². The molecule has 9 nitrogen and oxygen atoms in total. The summed E-state index contributed by atoms with van der Waals surface area (Å²) in [5, 5.41) is 9.01. The molecule has 35 heavy (non-hydrogen) atoms. The molecular weight excluding hydrogens is 444 g/mol. The Morgan fingerprint density at radius 1 is 0.829 bits per heavy atom. The fraction of sp³-hybridized carbons (Fsp3) is 0.538. The van der Waals surface area contributed by atoms with E-state index in [4.69, 9.17) is 4.74 Å². The third-order valence-electron chi connectivity index (χ3n) is 7.25. The highest BCUT2D eigenvalue weighted by Gasteiger charge is 2.25. The van der Waals surface area contributed by atoms with Gasteiger partial charge >= 0.3 is 0 Å². The predicted octanol–water partition coefficient (Wildman–Crippen LogP) is 1.94. The van der Waals surface area contributed by atoms with Crippen molar-refractivity contribution in [1.82, 2.24) is 20.0 Å². The molecule has 186 valence electrons. The van der Waals surface area contributed by atoms with E-state index in [0.29, 0.717) is 43.4 Å². The normalized spacial score (nSPS) is 21.4. The fourth-order valence-corrected chi connectivity index (χ4v) is 5.06. The molecule has 3 aliphatic rings. The molecule has 3 fully saturated rings. The quantitative estimate of drug-likeness (QED) is 0.583. The van der Waals surface area contributed by atoms with Gasteiger partial charge in [-0.3, -0.25) is 14.5 Å². The summed E-state index contributed by atoms with van der Waals surface area (Å²) >= 11 is 0. The van der Waals surface area contributed by atoms with Crippen molar-refractivity contribution in [2.75, 3.05) is 75.3 Å². The van der Waals surface area contributed by atoms with Crippen LogP contribution in [0.15, 0.2) is 36.4 Å². The molecule has 0 aliphatic carbocycles. The van der Waals surface area contributed by atoms with Crippen molar-refractivity contribution in [1.29, 1.82) is 0 Å². The molecule has 0 radical (unpaired) electrons. The van der Waals surface area contributed by atoms with Crippen LogP contribution in [0.2, 0.25) is 0 Å². The zero-order chi connectivity index (χ0) is 24.2. The lowest BCUT2D eigenvalue weighted by Gasteiger charge is -2.37. The van der Waals surface area contributed by atoms with Gasteiger partial charge in [0.05, 0.1) is 6.10 Å². The number of aromatic nitrogens is 2. The molecule has 1 atom stereocenters. The molecule has 1 aromatic carbocycles. The van der Waals surface area contributed by atoms with Crippen LogP contribution in [0.4, 0.5) is 11.6 Å². The topological polar surface area (TPSA) is 82.1 Å². The van der Waals surface area contributed by atoms with Gasteiger partial charge in [0.1, 0.15) is 0 Å². The Bertz CT molecular complexity index is 1010. The van der Waals surface area contributed by atoms with Crippen molar-refractivity contribution in [2.45, 2.75) is 25.9 Å². The average Bonchev–Trinajstić information content (AvgIpc) is 3.42. The molecule has 0 saturated carbocycles. The van der Waals surface area contributed by atoms with Crippen molar-refractivity contribution >= 4 is 23.3 Å². The van der Waals surface area contributed by atoms with Crippen molar-refractivity contribution < 1.29 is 14.3 Å². The van der Waals surface area contributed by atoms with E-state index in [1.54, 1.807) is 24.3 Å². The number of carbonyl (C=O) groups excluding carboxylic acids is 2. The number of piperazine rings is 2. The Hall–Kier alpha value is -3.04. The highest BCUT2D eigenvalue weighted by molar-refractivity contribution is 5.97. The number of Topliss-reactive ketones (excluding diaryl/α,β-unsaturated/α-hetero) is 1. The summed E-state index contributed by atoms with van der Waals surface area (Å²) in [6.07, 6.45) is 2.78. The summed E-state index contributed by atoms with van der Waals surface area (Å²) < 4.78 is 5.78. The minimum Gasteiger partial charge on any atom is -0.377 e. The van der Waals surface area contributed by atoms with Crippen LogP contribution in [0.1, 0.15) is 40.5 Å². The molecule has 3 aliphatic heterocycles. The summed E-state index contributed by atoms with van der Waals surface area (Å²) in [6, 6.07) is 11.0. The predicted molar refractivity (Wildman–Crippen MR) is 134 cm³/mol. The maximum absolute atomic E-state index is 12.8. The molecule has 2 aromatic rings. The van der Waals surface area contributed by atoms with Crippen LogP contribution in [0, 0.1) is 0 Å². The first-order chi connectivity index (χ1) is 17.1. The Balaban J connectivity index is 1.10. The summed E-state index contributed by atoms with van der Waals surface area (Å²) in [5.74, 6) is 1.78. The number of benzene rings is 1. The molecule has 9 heteroatoms. The van der Waals surface area contributed by atoms with Gasteiger partial charge in [-0.05, 0) is 44.0 Å². The summed E-state index contributed by atoms with van der Waals surface area (Å²) in [4.78, 5) is 33.1. The van der Waals surface area contributed by atoms with Crippen LogP contribution >= 0.6 is 0 Å². The van der Waals surface area contributed by atoms with E-state index in [9.17, 15) is 9.59 Å². The van der Waals surface area contributed by atoms with Crippen molar-refractivity contribution in [2.24, 2.45) is 0 Å². The maximum Gasteiger partial charge on any atom is 0.253 e. The van der Waals surface area contributed by atoms with Crippen LogP contribution in [0.25, 0.3) is 0 Å². The van der Waals surface area contributed by atoms with E-state index >= 15 is 0 Å². The van der Waals surface area contributed by atoms with E-state index < -0.39 is 0 Å². The number of hydrogen-bond acceptors (Lipinski definition) is 8. The van der Waals surface area contributed by atoms with E-state index in [1.807, 2.05) is 11.0 Å². The smallest absolute Gasteiger partial charge is 0.253 e. The number of nitrogens with zero attached hydrogens (tertiary/aromatic N) is 6. The van der Waals surface area contributed by atoms with E-state index in [-0.39, 0.29) is 11.7 Å². The third-order valence-corrected chi connectivity index (χ3v) is 7.25.